The second-order valence-electron chi connectivity index (χ2n) is 9.43. The van der Waals surface area contributed by atoms with Gasteiger partial charge in [-0.1, -0.05) is 36.4 Å². The first-order valence-corrected chi connectivity index (χ1v) is 12.3. The zero-order valence-electron chi connectivity index (χ0n) is 22.1. The fourth-order valence-electron chi connectivity index (χ4n) is 4.65. The Bertz CT molecular complexity index is 1530. The van der Waals surface area contributed by atoms with Gasteiger partial charge >= 0.3 is 24.7 Å². The van der Waals surface area contributed by atoms with E-state index in [1.54, 1.807) is 0 Å². The summed E-state index contributed by atoms with van der Waals surface area (Å²) in [6.07, 6.45) is -22.1. The predicted octanol–water partition coefficient (Wildman–Crippen LogP) is 9.88. The molecule has 0 radical (unpaired) electrons. The van der Waals surface area contributed by atoms with E-state index in [4.69, 9.17) is 20.9 Å². The summed E-state index contributed by atoms with van der Waals surface area (Å²) in [7, 11) is 0. The Hall–Kier alpha value is -4.76. The molecule has 16 heteroatoms. The molecule has 4 rings (SSSR count). The molecule has 4 nitrogen and oxygen atoms in total. The lowest BCUT2D eigenvalue weighted by Crippen LogP contribution is -2.54. The molecule has 0 aromatic heterocycles. The van der Waals surface area contributed by atoms with Crippen molar-refractivity contribution in [1.29, 1.82) is 0 Å². The van der Waals surface area contributed by atoms with E-state index in [0.717, 1.165) is 36.4 Å². The molecule has 0 fully saturated rings. The fourth-order valence-corrected chi connectivity index (χ4v) is 4.65. The minimum Gasteiger partial charge on any atom is -0.457 e. The summed E-state index contributed by atoms with van der Waals surface area (Å²) in [6, 6.07) is 9.69. The van der Waals surface area contributed by atoms with Crippen LogP contribution in [0.4, 0.5) is 64.1 Å². The Kier molecular flexibility index (Phi) is 8.33. The largest absolute Gasteiger partial charge is 0.457 e. The molecular formula is C29H18F12N2O2. The lowest BCUT2D eigenvalue weighted by Gasteiger charge is -2.38. The molecule has 0 spiro atoms. The Morgan fingerprint density at radius 1 is 0.422 bits per heavy atom. The van der Waals surface area contributed by atoms with Crippen molar-refractivity contribution in [1.82, 2.24) is 0 Å². The molecule has 240 valence electrons. The van der Waals surface area contributed by atoms with Gasteiger partial charge in [-0.3, -0.25) is 0 Å². The molecule has 4 aromatic rings. The maximum Gasteiger partial charge on any atom is 0.421 e. The summed E-state index contributed by atoms with van der Waals surface area (Å²) in [6.45, 7) is 0. The number of rotatable bonds is 6. The van der Waals surface area contributed by atoms with Gasteiger partial charge in [0.2, 0.25) is 5.41 Å². The Labute approximate surface area is 245 Å². The van der Waals surface area contributed by atoms with Crippen LogP contribution in [0.2, 0.25) is 0 Å². The van der Waals surface area contributed by atoms with Crippen molar-refractivity contribution in [2.75, 3.05) is 11.5 Å². The molecule has 0 aliphatic heterocycles. The summed E-state index contributed by atoms with van der Waals surface area (Å²) >= 11 is 0. The van der Waals surface area contributed by atoms with Gasteiger partial charge in [-0.15, -0.1) is 0 Å². The molecule has 0 aliphatic carbocycles. The van der Waals surface area contributed by atoms with Crippen molar-refractivity contribution >= 4 is 11.4 Å². The van der Waals surface area contributed by atoms with Gasteiger partial charge in [0.1, 0.15) is 34.1 Å². The monoisotopic (exact) mass is 654 g/mol. The van der Waals surface area contributed by atoms with Gasteiger partial charge in [0.15, 0.2) is 0 Å². The van der Waals surface area contributed by atoms with Gasteiger partial charge in [0.25, 0.3) is 0 Å². The van der Waals surface area contributed by atoms with Gasteiger partial charge in [0, 0.05) is 11.4 Å². The highest BCUT2D eigenvalue weighted by molar-refractivity contribution is 5.58. The highest BCUT2D eigenvalue weighted by Crippen LogP contribution is 2.56. The summed E-state index contributed by atoms with van der Waals surface area (Å²) in [5.41, 5.74) is -0.998. The highest BCUT2D eigenvalue weighted by atomic mass is 19.4. The van der Waals surface area contributed by atoms with E-state index < -0.39 is 86.7 Å². The summed E-state index contributed by atoms with van der Waals surface area (Å²) in [5, 5.41) is 0. The molecular weight excluding hydrogens is 636 g/mol. The standard InChI is InChI=1S/C29H18F12N2O2/c30-26(31,32)23-19(42)3-1-5-21(23)44-17-11-7-15(8-12-17)25(28(36,37)38,29(39,40)41)16-9-13-18(14-10-16)45-22-6-2-4-20(43)24(22)27(33,34)35/h1-14H,42-43H2. The SMILES string of the molecule is Nc1cccc(Oc2ccc(C(c3ccc(Oc4cccc(N)c4C(F)(F)F)cc3)(C(F)(F)F)C(F)(F)F)cc2)c1C(F)(F)F. The fraction of sp³-hybridized carbons (Fsp3) is 0.172. The number of hydrogen-bond acceptors (Lipinski definition) is 4. The molecule has 0 atom stereocenters. The van der Waals surface area contributed by atoms with Gasteiger partial charge in [-0.25, -0.2) is 0 Å². The van der Waals surface area contributed by atoms with E-state index >= 15 is 0 Å². The van der Waals surface area contributed by atoms with Crippen LogP contribution in [0.5, 0.6) is 23.0 Å². The second kappa shape index (κ2) is 11.3. The Balaban J connectivity index is 1.76. The third-order valence-corrected chi connectivity index (χ3v) is 6.56. The summed E-state index contributed by atoms with van der Waals surface area (Å²) in [4.78, 5) is 0. The van der Waals surface area contributed by atoms with Crippen LogP contribution in [0.15, 0.2) is 84.9 Å². The molecule has 0 unspecified atom stereocenters. The lowest BCUT2D eigenvalue weighted by molar-refractivity contribution is -0.288. The average molecular weight is 654 g/mol. The predicted molar refractivity (Wildman–Crippen MR) is 138 cm³/mol. The maximum atomic E-state index is 14.5. The second-order valence-corrected chi connectivity index (χ2v) is 9.43. The van der Waals surface area contributed by atoms with E-state index in [1.807, 2.05) is 0 Å². The number of anilines is 2. The number of hydrogen-bond donors (Lipinski definition) is 2. The van der Waals surface area contributed by atoms with Gasteiger partial charge < -0.3 is 20.9 Å². The number of ether oxygens (including phenoxy) is 2. The molecule has 0 aliphatic rings. The van der Waals surface area contributed by atoms with Crippen molar-refractivity contribution < 1.29 is 62.2 Å². The Morgan fingerprint density at radius 2 is 0.733 bits per heavy atom. The zero-order valence-corrected chi connectivity index (χ0v) is 22.1. The quantitative estimate of drug-likeness (QED) is 0.160. The molecule has 4 aromatic carbocycles. The van der Waals surface area contributed by atoms with Crippen LogP contribution >= 0.6 is 0 Å². The molecule has 45 heavy (non-hydrogen) atoms. The number of nitrogen functional groups attached to an aromatic ring is 2. The summed E-state index contributed by atoms with van der Waals surface area (Å²) < 4.78 is 178. The highest BCUT2D eigenvalue weighted by Gasteiger charge is 2.72. The topological polar surface area (TPSA) is 70.5 Å². The molecule has 0 heterocycles. The van der Waals surface area contributed by atoms with Gasteiger partial charge in [0.05, 0.1) is 0 Å². The Morgan fingerprint density at radius 3 is 1.00 bits per heavy atom. The minimum atomic E-state index is -6.05. The van der Waals surface area contributed by atoms with Crippen molar-refractivity contribution in [3.63, 3.8) is 0 Å². The summed E-state index contributed by atoms with van der Waals surface area (Å²) in [5.74, 6) is -2.78. The number of nitrogens with two attached hydrogens (primary N) is 2. The van der Waals surface area contributed by atoms with Gasteiger partial charge in [-0.2, -0.15) is 52.7 Å². The van der Waals surface area contributed by atoms with Crippen molar-refractivity contribution in [2.24, 2.45) is 0 Å². The minimum absolute atomic E-state index is 0.378. The smallest absolute Gasteiger partial charge is 0.421 e. The normalized spacial score (nSPS) is 13.1. The molecule has 0 saturated carbocycles. The van der Waals surface area contributed by atoms with Crippen LogP contribution < -0.4 is 20.9 Å². The van der Waals surface area contributed by atoms with E-state index in [1.165, 1.54) is 0 Å². The van der Waals surface area contributed by atoms with Crippen molar-refractivity contribution in [3.8, 4) is 23.0 Å². The van der Waals surface area contributed by atoms with Crippen molar-refractivity contribution in [3.05, 3.63) is 107 Å². The third-order valence-electron chi connectivity index (χ3n) is 6.56. The van der Waals surface area contributed by atoms with Crippen LogP contribution in [-0.2, 0) is 17.8 Å². The first kappa shape index (κ1) is 33.1. The average Bonchev–Trinajstić information content (AvgIpc) is 2.88. The molecule has 0 amide bonds. The zero-order chi connectivity index (χ0) is 33.6. The van der Waals surface area contributed by atoms with Crippen LogP contribution in [0, 0.1) is 0 Å². The number of alkyl halides is 12. The first-order valence-electron chi connectivity index (χ1n) is 12.3. The number of benzene rings is 4. The molecule has 4 N–H and O–H groups in total. The maximum absolute atomic E-state index is 14.5. The molecule has 0 bridgehead atoms. The van der Waals surface area contributed by atoms with Crippen LogP contribution in [0.25, 0.3) is 0 Å². The van der Waals surface area contributed by atoms with E-state index in [9.17, 15) is 52.7 Å². The van der Waals surface area contributed by atoms with E-state index in [0.29, 0.717) is 48.5 Å². The van der Waals surface area contributed by atoms with Crippen molar-refractivity contribution in [2.45, 2.75) is 30.1 Å². The number of halogens is 12. The van der Waals surface area contributed by atoms with E-state index in [2.05, 4.69) is 0 Å². The third kappa shape index (κ3) is 6.26. The van der Waals surface area contributed by atoms with Crippen LogP contribution in [0.1, 0.15) is 22.3 Å². The van der Waals surface area contributed by atoms with Crippen LogP contribution in [-0.4, -0.2) is 12.4 Å². The van der Waals surface area contributed by atoms with Crippen LogP contribution in [0.3, 0.4) is 0 Å². The lowest BCUT2D eigenvalue weighted by atomic mass is 9.73. The molecule has 0 saturated heterocycles. The van der Waals surface area contributed by atoms with E-state index in [-0.39, 0.29) is 0 Å². The van der Waals surface area contributed by atoms with Gasteiger partial charge in [-0.05, 0) is 59.7 Å². The first-order chi connectivity index (χ1) is 20.7.